The summed E-state index contributed by atoms with van der Waals surface area (Å²) in [6.45, 7) is 3.18. The number of nitrogens with zero attached hydrogens (tertiary/aromatic N) is 2. The quantitative estimate of drug-likeness (QED) is 0.784. The standard InChI is InChI=1S/C15H20ClN3S/c1-3-9-19-10-8-18-15(19)13(17-2)11-20-14-7-5-4-6-12(14)16/h4-8,10,13,17H,3,9,11H2,1-2H3. The number of imidazole rings is 1. The molecule has 0 aliphatic heterocycles. The molecule has 0 bridgehead atoms. The summed E-state index contributed by atoms with van der Waals surface area (Å²) in [6.07, 6.45) is 5.02. The molecule has 20 heavy (non-hydrogen) atoms. The third-order valence-electron chi connectivity index (χ3n) is 3.11. The number of benzene rings is 1. The lowest BCUT2D eigenvalue weighted by Crippen LogP contribution is -2.23. The summed E-state index contributed by atoms with van der Waals surface area (Å²) in [5.74, 6) is 2.00. The first-order valence-corrected chi connectivity index (χ1v) is 8.18. The molecule has 108 valence electrons. The van der Waals surface area contributed by atoms with Gasteiger partial charge in [0.15, 0.2) is 0 Å². The molecule has 3 nitrogen and oxygen atoms in total. The maximum atomic E-state index is 6.19. The normalized spacial score (nSPS) is 12.6. The monoisotopic (exact) mass is 309 g/mol. The van der Waals surface area contributed by atoms with E-state index in [0.717, 1.165) is 34.5 Å². The average Bonchev–Trinajstić information content (AvgIpc) is 2.90. The van der Waals surface area contributed by atoms with E-state index in [9.17, 15) is 0 Å². The molecule has 0 spiro atoms. The van der Waals surface area contributed by atoms with Crippen molar-refractivity contribution in [2.75, 3.05) is 12.8 Å². The minimum absolute atomic E-state index is 0.220. The van der Waals surface area contributed by atoms with Crippen LogP contribution in [0.5, 0.6) is 0 Å². The van der Waals surface area contributed by atoms with Crippen LogP contribution in [0, 0.1) is 0 Å². The zero-order valence-electron chi connectivity index (χ0n) is 11.8. The van der Waals surface area contributed by atoms with Crippen molar-refractivity contribution in [3.05, 3.63) is 47.5 Å². The van der Waals surface area contributed by atoms with Gasteiger partial charge in [-0.05, 0) is 25.6 Å². The van der Waals surface area contributed by atoms with Crippen LogP contribution in [-0.2, 0) is 6.54 Å². The van der Waals surface area contributed by atoms with Crippen molar-refractivity contribution in [2.45, 2.75) is 30.8 Å². The minimum Gasteiger partial charge on any atom is -0.334 e. The number of halogens is 1. The molecule has 5 heteroatoms. The van der Waals surface area contributed by atoms with Crippen LogP contribution in [-0.4, -0.2) is 22.4 Å². The Hall–Kier alpha value is -0.970. The molecule has 1 N–H and O–H groups in total. The molecule has 1 unspecified atom stereocenters. The third-order valence-corrected chi connectivity index (χ3v) is 4.72. The Balaban J connectivity index is 2.06. The van der Waals surface area contributed by atoms with E-state index >= 15 is 0 Å². The zero-order valence-corrected chi connectivity index (χ0v) is 13.4. The van der Waals surface area contributed by atoms with Gasteiger partial charge in [-0.1, -0.05) is 30.7 Å². The lowest BCUT2D eigenvalue weighted by atomic mass is 10.3. The van der Waals surface area contributed by atoms with E-state index < -0.39 is 0 Å². The molecule has 0 saturated carbocycles. The summed E-state index contributed by atoms with van der Waals surface area (Å²) in [4.78, 5) is 5.61. The summed E-state index contributed by atoms with van der Waals surface area (Å²) < 4.78 is 2.22. The molecule has 0 amide bonds. The van der Waals surface area contributed by atoms with Gasteiger partial charge in [0.2, 0.25) is 0 Å². The van der Waals surface area contributed by atoms with Gasteiger partial charge in [0.1, 0.15) is 5.82 Å². The molecule has 2 rings (SSSR count). The van der Waals surface area contributed by atoms with E-state index in [2.05, 4.69) is 27.9 Å². The number of aryl methyl sites for hydroxylation is 1. The topological polar surface area (TPSA) is 29.9 Å². The van der Waals surface area contributed by atoms with Crippen LogP contribution in [0.15, 0.2) is 41.6 Å². The average molecular weight is 310 g/mol. The van der Waals surface area contributed by atoms with Crippen LogP contribution in [0.3, 0.4) is 0 Å². The molecular formula is C15H20ClN3S. The first-order chi connectivity index (χ1) is 9.76. The highest BCUT2D eigenvalue weighted by Gasteiger charge is 2.15. The van der Waals surface area contributed by atoms with Gasteiger partial charge in [0, 0.05) is 29.6 Å². The molecule has 0 aliphatic carbocycles. The van der Waals surface area contributed by atoms with Gasteiger partial charge in [-0.2, -0.15) is 0 Å². The van der Waals surface area contributed by atoms with E-state index in [1.54, 1.807) is 11.8 Å². The SMILES string of the molecule is CCCn1ccnc1C(CSc1ccccc1Cl)NC. The molecule has 1 heterocycles. The Kier molecular flexibility index (Phi) is 5.95. The van der Waals surface area contributed by atoms with Crippen molar-refractivity contribution >= 4 is 23.4 Å². The van der Waals surface area contributed by atoms with Gasteiger partial charge in [0.25, 0.3) is 0 Å². The first-order valence-electron chi connectivity index (χ1n) is 6.82. The largest absolute Gasteiger partial charge is 0.334 e. The fraction of sp³-hybridized carbons (Fsp3) is 0.400. The second-order valence-corrected chi connectivity index (χ2v) is 6.03. The minimum atomic E-state index is 0.220. The predicted octanol–water partition coefficient (Wildman–Crippen LogP) is 4.00. The van der Waals surface area contributed by atoms with Crippen molar-refractivity contribution in [2.24, 2.45) is 0 Å². The summed E-state index contributed by atoms with van der Waals surface area (Å²) in [5.41, 5.74) is 0. The van der Waals surface area contributed by atoms with Gasteiger partial charge in [0.05, 0.1) is 11.1 Å². The molecule has 1 aromatic heterocycles. The van der Waals surface area contributed by atoms with E-state index in [1.807, 2.05) is 37.6 Å². The van der Waals surface area contributed by atoms with Crippen LogP contribution in [0.1, 0.15) is 25.2 Å². The number of rotatable bonds is 7. The Bertz CT molecular complexity index is 541. The molecule has 0 aliphatic rings. The van der Waals surface area contributed by atoms with Crippen LogP contribution < -0.4 is 5.32 Å². The number of aromatic nitrogens is 2. The highest BCUT2D eigenvalue weighted by molar-refractivity contribution is 7.99. The van der Waals surface area contributed by atoms with Crippen LogP contribution >= 0.6 is 23.4 Å². The van der Waals surface area contributed by atoms with E-state index in [1.165, 1.54) is 0 Å². The zero-order chi connectivity index (χ0) is 14.4. The van der Waals surface area contributed by atoms with Crippen LogP contribution in [0.25, 0.3) is 0 Å². The Labute approximate surface area is 129 Å². The van der Waals surface area contributed by atoms with Crippen molar-refractivity contribution < 1.29 is 0 Å². The third kappa shape index (κ3) is 3.78. The van der Waals surface area contributed by atoms with Gasteiger partial charge in [-0.3, -0.25) is 0 Å². The fourth-order valence-electron chi connectivity index (χ4n) is 2.08. The number of nitrogens with one attached hydrogen (secondary N) is 1. The van der Waals surface area contributed by atoms with Crippen LogP contribution in [0.4, 0.5) is 0 Å². The smallest absolute Gasteiger partial charge is 0.126 e. The highest BCUT2D eigenvalue weighted by atomic mass is 35.5. The fourth-order valence-corrected chi connectivity index (χ4v) is 3.42. The molecule has 2 aromatic rings. The number of hydrogen-bond donors (Lipinski definition) is 1. The predicted molar refractivity (Wildman–Crippen MR) is 86.5 cm³/mol. The van der Waals surface area contributed by atoms with Crippen molar-refractivity contribution in [1.29, 1.82) is 0 Å². The van der Waals surface area contributed by atoms with Crippen LogP contribution in [0.2, 0.25) is 5.02 Å². The highest BCUT2D eigenvalue weighted by Crippen LogP contribution is 2.29. The van der Waals surface area contributed by atoms with Gasteiger partial charge in [-0.25, -0.2) is 4.98 Å². The molecular weight excluding hydrogens is 290 g/mol. The van der Waals surface area contributed by atoms with E-state index in [-0.39, 0.29) is 6.04 Å². The molecule has 1 atom stereocenters. The molecule has 0 saturated heterocycles. The van der Waals surface area contributed by atoms with E-state index in [0.29, 0.717) is 0 Å². The molecule has 0 radical (unpaired) electrons. The second-order valence-electron chi connectivity index (χ2n) is 4.56. The summed E-state index contributed by atoms with van der Waals surface area (Å²) in [7, 11) is 1.97. The first kappa shape index (κ1) is 15.4. The Morgan fingerprint density at radius 3 is 2.90 bits per heavy atom. The van der Waals surface area contributed by atoms with Gasteiger partial charge < -0.3 is 9.88 Å². The molecule has 0 fully saturated rings. The van der Waals surface area contributed by atoms with Crippen molar-refractivity contribution in [3.8, 4) is 0 Å². The lowest BCUT2D eigenvalue weighted by Gasteiger charge is -2.17. The Morgan fingerprint density at radius 2 is 2.20 bits per heavy atom. The Morgan fingerprint density at radius 1 is 1.40 bits per heavy atom. The number of hydrogen-bond acceptors (Lipinski definition) is 3. The van der Waals surface area contributed by atoms with E-state index in [4.69, 9.17) is 11.6 Å². The lowest BCUT2D eigenvalue weighted by molar-refractivity contribution is 0.552. The summed E-state index contributed by atoms with van der Waals surface area (Å²) in [5, 5.41) is 4.16. The summed E-state index contributed by atoms with van der Waals surface area (Å²) in [6, 6.07) is 8.17. The van der Waals surface area contributed by atoms with Crippen molar-refractivity contribution in [3.63, 3.8) is 0 Å². The van der Waals surface area contributed by atoms with Crippen molar-refractivity contribution in [1.82, 2.24) is 14.9 Å². The second kappa shape index (κ2) is 7.72. The number of thioether (sulfide) groups is 1. The maximum absolute atomic E-state index is 6.19. The van der Waals surface area contributed by atoms with Gasteiger partial charge in [-0.15, -0.1) is 11.8 Å². The van der Waals surface area contributed by atoms with Gasteiger partial charge >= 0.3 is 0 Å². The maximum Gasteiger partial charge on any atom is 0.126 e. The molecule has 1 aromatic carbocycles. The summed E-state index contributed by atoms with van der Waals surface area (Å²) >= 11 is 7.95.